The van der Waals surface area contributed by atoms with Gasteiger partial charge in [-0.1, -0.05) is 24.3 Å². The fraction of sp³-hybridized carbons (Fsp3) is 0.333. The number of nitrogens with zero attached hydrogens (tertiary/aromatic N) is 1. The van der Waals surface area contributed by atoms with Gasteiger partial charge in [0.05, 0.1) is 22.2 Å². The molecule has 2 rings (SSSR count). The summed E-state index contributed by atoms with van der Waals surface area (Å²) in [6.45, 7) is -0.118. The number of hydrogen-bond acceptors (Lipinski definition) is 8. The molecule has 2 aromatic rings. The number of nitro benzene ring substituents is 1. The monoisotopic (exact) mass is 480 g/mol. The zero-order valence-corrected chi connectivity index (χ0v) is 19.1. The van der Waals surface area contributed by atoms with Crippen molar-refractivity contribution >= 4 is 39.2 Å². The third-order valence-electron chi connectivity index (χ3n) is 4.42. The van der Waals surface area contributed by atoms with Gasteiger partial charge in [0.25, 0.3) is 11.6 Å². The topological polar surface area (TPSA) is 133 Å². The van der Waals surface area contributed by atoms with Gasteiger partial charge in [-0.15, -0.1) is 0 Å². The standard InChI is InChI=1S/C21H24N2O7S2/c1-31-13-11-19(22-20(24)16-7-5-8-17(15-16)23(26)27)21(25)30-12-6-14-32(28,29)18-9-3-2-4-10-18/h2-5,7-10,15,19H,6,11-14H2,1H3,(H,22,24). The number of nitrogens with one attached hydrogen (secondary N) is 1. The number of amides is 1. The van der Waals surface area contributed by atoms with Crippen LogP contribution in [0.15, 0.2) is 59.5 Å². The van der Waals surface area contributed by atoms with Gasteiger partial charge < -0.3 is 10.1 Å². The van der Waals surface area contributed by atoms with E-state index >= 15 is 0 Å². The Labute approximate surface area is 190 Å². The molecule has 0 aliphatic carbocycles. The molecule has 0 saturated heterocycles. The lowest BCUT2D eigenvalue weighted by Crippen LogP contribution is -2.42. The van der Waals surface area contributed by atoms with Crippen LogP contribution in [0.2, 0.25) is 0 Å². The number of carbonyl (C=O) groups is 2. The summed E-state index contributed by atoms with van der Waals surface area (Å²) in [4.78, 5) is 35.5. The Bertz CT molecular complexity index is 1040. The Hall–Kier alpha value is -2.92. The average molecular weight is 481 g/mol. The second kappa shape index (κ2) is 12.2. The highest BCUT2D eigenvalue weighted by atomic mass is 32.2. The number of ether oxygens (including phenoxy) is 1. The van der Waals surface area contributed by atoms with Gasteiger partial charge in [0.1, 0.15) is 6.04 Å². The number of benzene rings is 2. The lowest BCUT2D eigenvalue weighted by atomic mass is 10.1. The van der Waals surface area contributed by atoms with Crippen LogP contribution in [-0.4, -0.2) is 55.6 Å². The van der Waals surface area contributed by atoms with Crippen LogP contribution in [0.3, 0.4) is 0 Å². The molecule has 1 atom stereocenters. The molecule has 0 aliphatic rings. The van der Waals surface area contributed by atoms with Crippen molar-refractivity contribution in [2.75, 3.05) is 24.4 Å². The molecule has 0 heterocycles. The van der Waals surface area contributed by atoms with Gasteiger partial charge in [-0.3, -0.25) is 14.9 Å². The molecule has 172 valence electrons. The van der Waals surface area contributed by atoms with Crippen molar-refractivity contribution < 1.29 is 27.7 Å². The molecule has 0 spiro atoms. The number of rotatable bonds is 12. The van der Waals surface area contributed by atoms with Crippen molar-refractivity contribution in [2.24, 2.45) is 0 Å². The van der Waals surface area contributed by atoms with Gasteiger partial charge in [0.2, 0.25) is 0 Å². The summed E-state index contributed by atoms with van der Waals surface area (Å²) in [5.74, 6) is -0.935. The maximum Gasteiger partial charge on any atom is 0.328 e. The molecule has 1 amide bonds. The van der Waals surface area contributed by atoms with Crippen LogP contribution in [0.25, 0.3) is 0 Å². The van der Waals surface area contributed by atoms with E-state index in [9.17, 15) is 28.1 Å². The van der Waals surface area contributed by atoms with Crippen LogP contribution in [0, 0.1) is 10.1 Å². The van der Waals surface area contributed by atoms with E-state index in [1.165, 1.54) is 42.1 Å². The number of sulfone groups is 1. The number of carbonyl (C=O) groups excluding carboxylic acids is 2. The van der Waals surface area contributed by atoms with E-state index in [1.807, 2.05) is 6.26 Å². The maximum atomic E-state index is 12.5. The molecular weight excluding hydrogens is 456 g/mol. The summed E-state index contributed by atoms with van der Waals surface area (Å²) < 4.78 is 29.8. The molecule has 9 nitrogen and oxygen atoms in total. The summed E-state index contributed by atoms with van der Waals surface area (Å²) in [6, 6.07) is 12.2. The van der Waals surface area contributed by atoms with Gasteiger partial charge in [-0.05, 0) is 43.0 Å². The normalized spacial score (nSPS) is 12.0. The molecular formula is C21H24N2O7S2. The highest BCUT2D eigenvalue weighted by Crippen LogP contribution is 2.14. The van der Waals surface area contributed by atoms with E-state index in [2.05, 4.69) is 5.32 Å². The summed E-state index contributed by atoms with van der Waals surface area (Å²) in [7, 11) is -3.48. The predicted molar refractivity (Wildman–Crippen MR) is 121 cm³/mol. The van der Waals surface area contributed by atoms with E-state index in [0.29, 0.717) is 12.2 Å². The van der Waals surface area contributed by atoms with E-state index in [4.69, 9.17) is 4.74 Å². The molecule has 0 saturated carbocycles. The number of non-ortho nitro benzene ring substituents is 1. The fourth-order valence-electron chi connectivity index (χ4n) is 2.75. The first kappa shape index (κ1) is 25.3. The largest absolute Gasteiger partial charge is 0.464 e. The summed E-state index contributed by atoms with van der Waals surface area (Å²) in [6.07, 6.45) is 2.25. The summed E-state index contributed by atoms with van der Waals surface area (Å²) in [5.41, 5.74) is -0.185. The SMILES string of the molecule is CSCCC(NC(=O)c1cccc([N+](=O)[O-])c1)C(=O)OCCCS(=O)(=O)c1ccccc1. The molecule has 0 radical (unpaired) electrons. The Kier molecular flexibility index (Phi) is 9.66. The van der Waals surface area contributed by atoms with Gasteiger partial charge >= 0.3 is 5.97 Å². The van der Waals surface area contributed by atoms with E-state index in [-0.39, 0.29) is 34.9 Å². The first-order chi connectivity index (χ1) is 15.2. The van der Waals surface area contributed by atoms with Crippen LogP contribution >= 0.6 is 11.8 Å². The molecule has 1 N–H and O–H groups in total. The Morgan fingerprint density at radius 3 is 2.53 bits per heavy atom. The highest BCUT2D eigenvalue weighted by Gasteiger charge is 2.24. The van der Waals surface area contributed by atoms with Crippen molar-refractivity contribution in [1.82, 2.24) is 5.32 Å². The molecule has 2 aromatic carbocycles. The minimum absolute atomic E-state index is 0.0510. The number of nitro groups is 1. The molecule has 0 bridgehead atoms. The smallest absolute Gasteiger partial charge is 0.328 e. The highest BCUT2D eigenvalue weighted by molar-refractivity contribution is 7.98. The lowest BCUT2D eigenvalue weighted by Gasteiger charge is -2.17. The van der Waals surface area contributed by atoms with Gasteiger partial charge in [-0.25, -0.2) is 13.2 Å². The number of hydrogen-bond donors (Lipinski definition) is 1. The van der Waals surface area contributed by atoms with Crippen LogP contribution < -0.4 is 5.32 Å². The van der Waals surface area contributed by atoms with Gasteiger partial charge in [0, 0.05) is 17.7 Å². The molecule has 0 fully saturated rings. The van der Waals surface area contributed by atoms with E-state index in [0.717, 1.165) is 6.07 Å². The molecule has 0 aliphatic heterocycles. The van der Waals surface area contributed by atoms with Gasteiger partial charge in [-0.2, -0.15) is 11.8 Å². The molecule has 1 unspecified atom stereocenters. The van der Waals surface area contributed by atoms with Crippen molar-refractivity contribution in [3.63, 3.8) is 0 Å². The Morgan fingerprint density at radius 1 is 1.16 bits per heavy atom. The van der Waals surface area contributed by atoms with Crippen LogP contribution in [0.5, 0.6) is 0 Å². The maximum absolute atomic E-state index is 12.5. The quantitative estimate of drug-likeness (QED) is 0.212. The zero-order chi connectivity index (χ0) is 23.6. The third-order valence-corrected chi connectivity index (χ3v) is 6.88. The number of esters is 1. The molecule has 11 heteroatoms. The van der Waals surface area contributed by atoms with Crippen molar-refractivity contribution in [2.45, 2.75) is 23.8 Å². The van der Waals surface area contributed by atoms with Crippen LogP contribution in [0.4, 0.5) is 5.69 Å². The third kappa shape index (κ3) is 7.65. The van der Waals surface area contributed by atoms with E-state index < -0.39 is 32.7 Å². The Morgan fingerprint density at radius 2 is 1.88 bits per heavy atom. The minimum Gasteiger partial charge on any atom is -0.464 e. The zero-order valence-electron chi connectivity index (χ0n) is 17.4. The molecule has 0 aromatic heterocycles. The van der Waals surface area contributed by atoms with Crippen molar-refractivity contribution in [1.29, 1.82) is 0 Å². The molecule has 32 heavy (non-hydrogen) atoms. The number of thioether (sulfide) groups is 1. The lowest BCUT2D eigenvalue weighted by molar-refractivity contribution is -0.384. The summed E-state index contributed by atoms with van der Waals surface area (Å²) >= 11 is 1.48. The first-order valence-electron chi connectivity index (χ1n) is 9.73. The average Bonchev–Trinajstić information content (AvgIpc) is 2.79. The first-order valence-corrected chi connectivity index (χ1v) is 12.8. The summed E-state index contributed by atoms with van der Waals surface area (Å²) in [5, 5.41) is 13.5. The van der Waals surface area contributed by atoms with Crippen LogP contribution in [0.1, 0.15) is 23.2 Å². The second-order valence-electron chi connectivity index (χ2n) is 6.77. The predicted octanol–water partition coefficient (Wildman–Crippen LogP) is 2.85. The Balaban J connectivity index is 1.93. The van der Waals surface area contributed by atoms with Crippen LogP contribution in [-0.2, 0) is 19.4 Å². The van der Waals surface area contributed by atoms with E-state index in [1.54, 1.807) is 18.2 Å². The second-order valence-corrected chi connectivity index (χ2v) is 9.86. The van der Waals surface area contributed by atoms with Crippen molar-refractivity contribution in [3.05, 3.63) is 70.3 Å². The minimum atomic E-state index is -3.48. The van der Waals surface area contributed by atoms with Gasteiger partial charge in [0.15, 0.2) is 9.84 Å². The fourth-order valence-corrected chi connectivity index (χ4v) is 4.53. The van der Waals surface area contributed by atoms with Crippen molar-refractivity contribution in [3.8, 4) is 0 Å².